The first-order valence-electron chi connectivity index (χ1n) is 7.36. The molecule has 2 aromatic carbocycles. The van der Waals surface area contributed by atoms with E-state index < -0.39 is 12.1 Å². The van der Waals surface area contributed by atoms with Crippen LogP contribution in [0, 0.1) is 12.7 Å². The third-order valence-corrected chi connectivity index (χ3v) is 3.78. The van der Waals surface area contributed by atoms with Gasteiger partial charge in [0.1, 0.15) is 11.6 Å². The van der Waals surface area contributed by atoms with E-state index in [0.717, 1.165) is 5.56 Å². The number of ether oxygens (including phenoxy) is 1. The quantitative estimate of drug-likeness (QED) is 0.877. The molecule has 0 spiro atoms. The summed E-state index contributed by atoms with van der Waals surface area (Å²) in [6.45, 7) is 5.24. The first kappa shape index (κ1) is 17.3. The molecule has 1 N–H and O–H groups in total. The van der Waals surface area contributed by atoms with Crippen LogP contribution in [0.4, 0.5) is 4.39 Å². The maximum atomic E-state index is 13.7. The second-order valence-electron chi connectivity index (χ2n) is 5.42. The average Bonchev–Trinajstić information content (AvgIpc) is 2.50. The Kier molecular flexibility index (Phi) is 5.61. The highest BCUT2D eigenvalue weighted by atomic mass is 35.5. The Morgan fingerprint density at radius 2 is 1.91 bits per heavy atom. The summed E-state index contributed by atoms with van der Waals surface area (Å²) in [6, 6.07) is 11.1. The predicted molar refractivity (Wildman–Crippen MR) is 89.2 cm³/mol. The smallest absolute Gasteiger partial charge is 0.261 e. The maximum Gasteiger partial charge on any atom is 0.261 e. The zero-order chi connectivity index (χ0) is 17.0. The van der Waals surface area contributed by atoms with Gasteiger partial charge >= 0.3 is 0 Å². The van der Waals surface area contributed by atoms with Crippen LogP contribution < -0.4 is 10.1 Å². The van der Waals surface area contributed by atoms with Crippen molar-refractivity contribution in [2.24, 2.45) is 0 Å². The standard InChI is InChI=1S/C18H19ClFNO2/c1-11-10-14(19)8-9-17(11)23-13(3)18(22)21-12(2)15-6-4-5-7-16(15)20/h4-10,12-13H,1-3H3,(H,21,22)/t12-,13+/m0/s1. The van der Waals surface area contributed by atoms with E-state index in [1.165, 1.54) is 6.07 Å². The lowest BCUT2D eigenvalue weighted by Crippen LogP contribution is -2.38. The van der Waals surface area contributed by atoms with Crippen LogP contribution >= 0.6 is 11.6 Å². The topological polar surface area (TPSA) is 38.3 Å². The molecule has 0 radical (unpaired) electrons. The Bertz CT molecular complexity index is 705. The maximum absolute atomic E-state index is 13.7. The van der Waals surface area contributed by atoms with Crippen LogP contribution in [0.1, 0.15) is 31.0 Å². The SMILES string of the molecule is Cc1cc(Cl)ccc1O[C@H](C)C(=O)N[C@@H](C)c1ccccc1F. The number of rotatable bonds is 5. The Morgan fingerprint density at radius 1 is 1.22 bits per heavy atom. The van der Waals surface area contributed by atoms with Crippen LogP contribution in [-0.4, -0.2) is 12.0 Å². The molecule has 3 nitrogen and oxygen atoms in total. The first-order chi connectivity index (χ1) is 10.9. The predicted octanol–water partition coefficient (Wildman–Crippen LogP) is 4.43. The van der Waals surface area contributed by atoms with Crippen molar-refractivity contribution < 1.29 is 13.9 Å². The van der Waals surface area contributed by atoms with E-state index in [1.807, 2.05) is 6.92 Å². The molecule has 2 rings (SSSR count). The number of carbonyl (C=O) groups is 1. The minimum atomic E-state index is -0.705. The summed E-state index contributed by atoms with van der Waals surface area (Å²) in [7, 11) is 0. The molecule has 0 bridgehead atoms. The Labute approximate surface area is 140 Å². The van der Waals surface area contributed by atoms with Crippen molar-refractivity contribution in [1.82, 2.24) is 5.32 Å². The third kappa shape index (κ3) is 4.45. The lowest BCUT2D eigenvalue weighted by atomic mass is 10.1. The molecule has 0 aliphatic carbocycles. The number of halogens is 2. The van der Waals surface area contributed by atoms with Gasteiger partial charge in [0, 0.05) is 10.6 Å². The minimum Gasteiger partial charge on any atom is -0.481 e. The molecule has 0 aliphatic rings. The molecule has 5 heteroatoms. The van der Waals surface area contributed by atoms with Crippen LogP contribution in [0.15, 0.2) is 42.5 Å². The second-order valence-corrected chi connectivity index (χ2v) is 5.86. The zero-order valence-electron chi connectivity index (χ0n) is 13.3. The van der Waals surface area contributed by atoms with Crippen molar-refractivity contribution in [3.63, 3.8) is 0 Å². The summed E-state index contributed by atoms with van der Waals surface area (Å²) in [4.78, 5) is 12.2. The lowest BCUT2D eigenvalue weighted by molar-refractivity contribution is -0.127. The Morgan fingerprint density at radius 3 is 2.57 bits per heavy atom. The molecule has 1 amide bonds. The van der Waals surface area contributed by atoms with Crippen LogP contribution in [0.25, 0.3) is 0 Å². The fraction of sp³-hybridized carbons (Fsp3) is 0.278. The van der Waals surface area contributed by atoms with Gasteiger partial charge in [-0.25, -0.2) is 4.39 Å². The van der Waals surface area contributed by atoms with Gasteiger partial charge in [0.05, 0.1) is 6.04 Å². The van der Waals surface area contributed by atoms with Gasteiger partial charge in [-0.05, 0) is 50.6 Å². The summed E-state index contributed by atoms with van der Waals surface area (Å²) in [5.41, 5.74) is 1.29. The first-order valence-corrected chi connectivity index (χ1v) is 7.74. The summed E-state index contributed by atoms with van der Waals surface area (Å²) >= 11 is 5.90. The minimum absolute atomic E-state index is 0.310. The summed E-state index contributed by atoms with van der Waals surface area (Å²) in [6.07, 6.45) is -0.705. The van der Waals surface area contributed by atoms with E-state index in [4.69, 9.17) is 16.3 Å². The molecule has 2 aromatic rings. The van der Waals surface area contributed by atoms with Crippen molar-refractivity contribution >= 4 is 17.5 Å². The fourth-order valence-electron chi connectivity index (χ4n) is 2.22. The Hall–Kier alpha value is -2.07. The largest absolute Gasteiger partial charge is 0.481 e. The van der Waals surface area contributed by atoms with Crippen LogP contribution in [0.3, 0.4) is 0 Å². The van der Waals surface area contributed by atoms with Crippen molar-refractivity contribution in [3.05, 3.63) is 64.4 Å². The Balaban J connectivity index is 2.01. The van der Waals surface area contributed by atoms with E-state index >= 15 is 0 Å². The molecule has 0 aromatic heterocycles. The van der Waals surface area contributed by atoms with Gasteiger partial charge in [-0.2, -0.15) is 0 Å². The van der Waals surface area contributed by atoms with E-state index in [2.05, 4.69) is 5.32 Å². The average molecular weight is 336 g/mol. The molecular weight excluding hydrogens is 317 g/mol. The molecule has 2 atom stereocenters. The van der Waals surface area contributed by atoms with E-state index in [-0.39, 0.29) is 11.7 Å². The van der Waals surface area contributed by atoms with Crippen molar-refractivity contribution in [1.29, 1.82) is 0 Å². The molecule has 0 unspecified atom stereocenters. The number of amides is 1. The summed E-state index contributed by atoms with van der Waals surface area (Å²) < 4.78 is 19.4. The molecule has 0 fully saturated rings. The number of hydrogen-bond acceptors (Lipinski definition) is 2. The van der Waals surface area contributed by atoms with Gasteiger partial charge in [-0.3, -0.25) is 4.79 Å². The molecule has 0 aliphatic heterocycles. The van der Waals surface area contributed by atoms with Crippen molar-refractivity contribution in [3.8, 4) is 5.75 Å². The summed E-state index contributed by atoms with van der Waals surface area (Å²) in [5.74, 6) is -0.0619. The molecular formula is C18H19ClFNO2. The normalized spacial score (nSPS) is 13.3. The summed E-state index contributed by atoms with van der Waals surface area (Å²) in [5, 5.41) is 3.37. The highest BCUT2D eigenvalue weighted by Gasteiger charge is 2.19. The van der Waals surface area contributed by atoms with Crippen LogP contribution in [0.5, 0.6) is 5.75 Å². The van der Waals surface area contributed by atoms with E-state index in [0.29, 0.717) is 16.3 Å². The van der Waals surface area contributed by atoms with Gasteiger partial charge < -0.3 is 10.1 Å². The van der Waals surface area contributed by atoms with Crippen LogP contribution in [-0.2, 0) is 4.79 Å². The van der Waals surface area contributed by atoms with Crippen LogP contribution in [0.2, 0.25) is 5.02 Å². The van der Waals surface area contributed by atoms with Crippen molar-refractivity contribution in [2.75, 3.05) is 0 Å². The van der Waals surface area contributed by atoms with Gasteiger partial charge in [0.2, 0.25) is 0 Å². The number of carbonyl (C=O) groups excluding carboxylic acids is 1. The number of aryl methyl sites for hydroxylation is 1. The lowest BCUT2D eigenvalue weighted by Gasteiger charge is -2.20. The van der Waals surface area contributed by atoms with Gasteiger partial charge in [0.15, 0.2) is 6.10 Å². The van der Waals surface area contributed by atoms with Crippen molar-refractivity contribution in [2.45, 2.75) is 32.9 Å². The molecule has 122 valence electrons. The van der Waals surface area contributed by atoms with Gasteiger partial charge in [-0.15, -0.1) is 0 Å². The van der Waals surface area contributed by atoms with Gasteiger partial charge in [-0.1, -0.05) is 29.8 Å². The fourth-order valence-corrected chi connectivity index (χ4v) is 2.45. The third-order valence-electron chi connectivity index (χ3n) is 3.54. The monoisotopic (exact) mass is 335 g/mol. The second kappa shape index (κ2) is 7.47. The highest BCUT2D eigenvalue weighted by molar-refractivity contribution is 6.30. The number of nitrogens with one attached hydrogen (secondary N) is 1. The van der Waals surface area contributed by atoms with E-state index in [9.17, 15) is 9.18 Å². The molecule has 0 saturated carbocycles. The molecule has 23 heavy (non-hydrogen) atoms. The zero-order valence-corrected chi connectivity index (χ0v) is 14.0. The number of benzene rings is 2. The van der Waals surface area contributed by atoms with Gasteiger partial charge in [0.25, 0.3) is 5.91 Å². The van der Waals surface area contributed by atoms with E-state index in [1.54, 1.807) is 50.2 Å². The highest BCUT2D eigenvalue weighted by Crippen LogP contribution is 2.23. The molecule has 0 saturated heterocycles. The number of hydrogen-bond donors (Lipinski definition) is 1. The molecule has 0 heterocycles.